The Labute approximate surface area is 185 Å². The lowest BCUT2D eigenvalue weighted by Crippen LogP contribution is -2.37. The summed E-state index contributed by atoms with van der Waals surface area (Å²) in [5.41, 5.74) is 1.88. The van der Waals surface area contributed by atoms with Crippen LogP contribution in [0.15, 0.2) is 40.3 Å². The van der Waals surface area contributed by atoms with Gasteiger partial charge in [-0.2, -0.15) is 0 Å². The van der Waals surface area contributed by atoms with E-state index in [-0.39, 0.29) is 18.0 Å². The van der Waals surface area contributed by atoms with Crippen LogP contribution in [0.5, 0.6) is 5.75 Å². The maximum Gasteiger partial charge on any atom is 0.261 e. The summed E-state index contributed by atoms with van der Waals surface area (Å²) in [6.45, 7) is 4.16. The van der Waals surface area contributed by atoms with Crippen LogP contribution in [0.2, 0.25) is 0 Å². The normalized spacial score (nSPS) is 23.4. The number of anilines is 2. The van der Waals surface area contributed by atoms with Gasteiger partial charge in [0, 0.05) is 55.3 Å². The number of nitrogens with one attached hydrogen (secondary N) is 3. The number of benzene rings is 1. The van der Waals surface area contributed by atoms with E-state index in [0.717, 1.165) is 17.5 Å². The van der Waals surface area contributed by atoms with E-state index in [2.05, 4.69) is 20.5 Å². The summed E-state index contributed by atoms with van der Waals surface area (Å²) < 4.78 is 11.4. The Hall–Kier alpha value is -3.50. The molecule has 1 atom stereocenters. The number of aliphatic hydroxyl groups is 1. The Morgan fingerprint density at radius 3 is 2.81 bits per heavy atom. The van der Waals surface area contributed by atoms with Crippen LogP contribution in [0.25, 0.3) is 0 Å². The van der Waals surface area contributed by atoms with E-state index in [1.54, 1.807) is 0 Å². The molecule has 4 N–H and O–H groups in total. The quantitative estimate of drug-likeness (QED) is 0.292. The minimum Gasteiger partial charge on any atom is -0.484 e. The summed E-state index contributed by atoms with van der Waals surface area (Å²) in [4.78, 5) is 30.1. The van der Waals surface area contributed by atoms with Crippen molar-refractivity contribution in [1.82, 2.24) is 5.32 Å². The Morgan fingerprint density at radius 1 is 1.41 bits per heavy atom. The second-order valence-electron chi connectivity index (χ2n) is 7.99. The van der Waals surface area contributed by atoms with Crippen LogP contribution in [0.4, 0.5) is 11.4 Å². The number of fused-ring (bicyclic) bond motifs is 1. The molecule has 10 nitrogen and oxygen atoms in total. The topological polar surface area (TPSA) is 136 Å². The predicted octanol–water partition coefficient (Wildman–Crippen LogP) is 0.766. The fraction of sp³-hybridized carbons (Fsp3) is 0.364. The molecule has 1 aromatic carbocycles. The van der Waals surface area contributed by atoms with Gasteiger partial charge in [-0.05, 0) is 13.0 Å². The lowest BCUT2D eigenvalue weighted by molar-refractivity contribution is -0.112. The molecule has 0 bridgehead atoms. The van der Waals surface area contributed by atoms with Crippen LogP contribution in [0.3, 0.4) is 0 Å². The lowest BCUT2D eigenvalue weighted by atomic mass is 9.99. The minimum absolute atomic E-state index is 0.0207. The van der Waals surface area contributed by atoms with E-state index in [4.69, 9.17) is 14.9 Å². The molecule has 10 heteroatoms. The van der Waals surface area contributed by atoms with Gasteiger partial charge in [-0.1, -0.05) is 0 Å². The van der Waals surface area contributed by atoms with Crippen molar-refractivity contribution in [2.45, 2.75) is 18.9 Å². The van der Waals surface area contributed by atoms with Gasteiger partial charge in [0.15, 0.2) is 6.29 Å². The third-order valence-corrected chi connectivity index (χ3v) is 5.53. The zero-order valence-electron chi connectivity index (χ0n) is 17.7. The van der Waals surface area contributed by atoms with E-state index < -0.39 is 11.5 Å². The number of rotatable bonds is 6. The van der Waals surface area contributed by atoms with Gasteiger partial charge >= 0.3 is 0 Å². The number of morpholine rings is 1. The highest BCUT2D eigenvalue weighted by molar-refractivity contribution is 6.18. The molecule has 4 rings (SSSR count). The molecule has 1 fully saturated rings. The number of carbonyl (C=O) groups is 2. The van der Waals surface area contributed by atoms with Crippen molar-refractivity contribution in [2.75, 3.05) is 43.1 Å². The maximum absolute atomic E-state index is 13.1. The molecule has 0 radical (unpaired) electrons. The molecule has 0 saturated carbocycles. The van der Waals surface area contributed by atoms with Crippen molar-refractivity contribution in [3.05, 3.63) is 40.9 Å². The van der Waals surface area contributed by atoms with E-state index in [1.807, 2.05) is 19.1 Å². The summed E-state index contributed by atoms with van der Waals surface area (Å²) in [7, 11) is 0. The fourth-order valence-corrected chi connectivity index (χ4v) is 3.81. The fourth-order valence-electron chi connectivity index (χ4n) is 3.81. The largest absolute Gasteiger partial charge is 0.484 e. The average molecular weight is 439 g/mol. The predicted molar refractivity (Wildman–Crippen MR) is 120 cm³/mol. The highest BCUT2D eigenvalue weighted by Crippen LogP contribution is 2.42. The molecule has 3 heterocycles. The van der Waals surface area contributed by atoms with Crippen LogP contribution < -0.4 is 20.3 Å². The number of ether oxygens (including phenoxy) is 2. The number of aldehydes is 1. The van der Waals surface area contributed by atoms with Gasteiger partial charge in [0.05, 0.1) is 36.8 Å². The number of aliphatic imine (C=N–C) groups is 1. The molecule has 1 amide bonds. The van der Waals surface area contributed by atoms with Crippen LogP contribution in [-0.4, -0.2) is 68.2 Å². The van der Waals surface area contributed by atoms with E-state index in [1.165, 1.54) is 12.4 Å². The van der Waals surface area contributed by atoms with E-state index in [9.17, 15) is 14.7 Å². The lowest BCUT2D eigenvalue weighted by Gasteiger charge is -2.31. The van der Waals surface area contributed by atoms with Gasteiger partial charge in [-0.25, -0.2) is 4.99 Å². The van der Waals surface area contributed by atoms with Crippen LogP contribution in [0.1, 0.15) is 12.5 Å². The van der Waals surface area contributed by atoms with E-state index >= 15 is 0 Å². The van der Waals surface area contributed by atoms with Gasteiger partial charge in [-0.3, -0.25) is 9.59 Å². The monoisotopic (exact) mass is 439 g/mol. The summed E-state index contributed by atoms with van der Waals surface area (Å²) in [6, 6.07) is 3.73. The van der Waals surface area contributed by atoms with Crippen LogP contribution >= 0.6 is 0 Å². The summed E-state index contributed by atoms with van der Waals surface area (Å²) >= 11 is 0. The first-order valence-electron chi connectivity index (χ1n) is 10.3. The molecular weight excluding hydrogens is 414 g/mol. The minimum atomic E-state index is -0.710. The zero-order chi connectivity index (χ0) is 22.7. The first kappa shape index (κ1) is 21.7. The SMILES string of the molecule is CC1(CO)Cc2cc(NC(=O)/C(C=N)=C3\N=CC(C=O)=CN3)c(N3CCOCC3)cc2O1. The molecule has 0 aromatic heterocycles. The van der Waals surface area contributed by atoms with Gasteiger partial charge in [0.25, 0.3) is 5.91 Å². The first-order chi connectivity index (χ1) is 15.5. The highest BCUT2D eigenvalue weighted by atomic mass is 16.5. The number of nitrogens with zero attached hydrogens (tertiary/aromatic N) is 2. The Kier molecular flexibility index (Phi) is 6.06. The Bertz CT molecular complexity index is 1040. The third-order valence-electron chi connectivity index (χ3n) is 5.53. The Morgan fingerprint density at radius 2 is 2.19 bits per heavy atom. The standard InChI is InChI=1S/C22H25N5O5/c1-22(13-29)8-15-6-17(18(7-19(15)32-22)27-2-4-31-5-3-27)26-21(30)16(9-23)20-24-10-14(12-28)11-25-20/h6-7,9-12,23-24,29H,2-5,8,13H2,1H3,(H,26,30)/b20-16-,23-9?. The maximum atomic E-state index is 13.1. The van der Waals surface area contributed by atoms with Crippen molar-refractivity contribution in [3.63, 3.8) is 0 Å². The summed E-state index contributed by atoms with van der Waals surface area (Å²) in [5, 5.41) is 23.1. The van der Waals surface area contributed by atoms with Gasteiger partial charge in [-0.15, -0.1) is 0 Å². The van der Waals surface area contributed by atoms with Crippen molar-refractivity contribution in [1.29, 1.82) is 5.41 Å². The summed E-state index contributed by atoms with van der Waals surface area (Å²) in [6.07, 6.45) is 4.82. The van der Waals surface area contributed by atoms with E-state index in [0.29, 0.717) is 56.0 Å². The number of aliphatic hydroxyl groups excluding tert-OH is 1. The van der Waals surface area contributed by atoms with Gasteiger partial charge < -0.3 is 35.5 Å². The van der Waals surface area contributed by atoms with Crippen molar-refractivity contribution < 1.29 is 24.2 Å². The molecule has 1 unspecified atom stereocenters. The first-order valence-corrected chi connectivity index (χ1v) is 10.3. The molecular formula is C22H25N5O5. The van der Waals surface area contributed by atoms with Crippen LogP contribution in [-0.2, 0) is 20.7 Å². The van der Waals surface area contributed by atoms with Crippen molar-refractivity contribution >= 4 is 36.0 Å². The zero-order valence-corrected chi connectivity index (χ0v) is 17.7. The molecule has 0 spiro atoms. The van der Waals surface area contributed by atoms with Gasteiger partial charge in [0.2, 0.25) is 0 Å². The molecule has 32 heavy (non-hydrogen) atoms. The Balaban J connectivity index is 1.66. The molecule has 1 saturated heterocycles. The van der Waals surface area contributed by atoms with Crippen molar-refractivity contribution in [2.24, 2.45) is 4.99 Å². The average Bonchev–Trinajstić information content (AvgIpc) is 3.16. The number of hydrogen-bond donors (Lipinski definition) is 4. The smallest absolute Gasteiger partial charge is 0.261 e. The number of carbonyl (C=O) groups excluding carboxylic acids is 2. The number of hydrogen-bond acceptors (Lipinski definition) is 9. The number of amides is 1. The molecule has 3 aliphatic heterocycles. The molecule has 168 valence electrons. The second kappa shape index (κ2) is 8.93. The van der Waals surface area contributed by atoms with Crippen molar-refractivity contribution in [3.8, 4) is 5.75 Å². The molecule has 3 aliphatic rings. The molecule has 0 aliphatic carbocycles. The van der Waals surface area contributed by atoms with Gasteiger partial charge in [0.1, 0.15) is 17.2 Å². The van der Waals surface area contributed by atoms with Crippen LogP contribution in [0, 0.1) is 5.41 Å². The second-order valence-corrected chi connectivity index (χ2v) is 7.99. The third kappa shape index (κ3) is 4.27. The summed E-state index contributed by atoms with van der Waals surface area (Å²) in [5.74, 6) is 0.339. The molecule has 1 aromatic rings. The number of allylic oxidation sites excluding steroid dienone is 1. The highest BCUT2D eigenvalue weighted by Gasteiger charge is 2.35.